The normalized spacial score (nSPS) is 11.0. The monoisotopic (exact) mass is 379 g/mol. The number of guanidine groups is 1. The summed E-state index contributed by atoms with van der Waals surface area (Å²) in [6.07, 6.45) is 6.16. The van der Waals surface area contributed by atoms with Crippen LogP contribution >= 0.6 is 24.0 Å². The molecule has 0 amide bonds. The van der Waals surface area contributed by atoms with Gasteiger partial charge in [-0.25, -0.2) is 0 Å². The first-order chi connectivity index (χ1) is 8.77. The molecule has 0 saturated heterocycles. The lowest BCUT2D eigenvalue weighted by Gasteiger charge is -2.21. The molecule has 0 fully saturated rings. The van der Waals surface area contributed by atoms with Gasteiger partial charge < -0.3 is 10.2 Å². The SMILES string of the molecule is CCCCN(C)C(=NCCn1cccn1)NCC.I. The van der Waals surface area contributed by atoms with Gasteiger partial charge in [-0.2, -0.15) is 5.10 Å². The van der Waals surface area contributed by atoms with Gasteiger partial charge in [-0.15, -0.1) is 24.0 Å². The van der Waals surface area contributed by atoms with Gasteiger partial charge in [0, 0.05) is 32.5 Å². The second kappa shape index (κ2) is 11.1. The maximum atomic E-state index is 4.61. The molecule has 19 heavy (non-hydrogen) atoms. The number of aromatic nitrogens is 2. The minimum Gasteiger partial charge on any atom is -0.357 e. The molecule has 110 valence electrons. The lowest BCUT2D eigenvalue weighted by Crippen LogP contribution is -2.39. The van der Waals surface area contributed by atoms with Crippen molar-refractivity contribution in [2.75, 3.05) is 26.7 Å². The molecule has 1 aromatic rings. The third-order valence-electron chi connectivity index (χ3n) is 2.69. The van der Waals surface area contributed by atoms with E-state index in [1.165, 1.54) is 12.8 Å². The molecular weight excluding hydrogens is 353 g/mol. The van der Waals surface area contributed by atoms with Crippen molar-refractivity contribution < 1.29 is 0 Å². The van der Waals surface area contributed by atoms with Crippen molar-refractivity contribution in [3.63, 3.8) is 0 Å². The van der Waals surface area contributed by atoms with Crippen LogP contribution in [0.4, 0.5) is 0 Å². The van der Waals surface area contributed by atoms with E-state index in [2.05, 4.69) is 41.2 Å². The summed E-state index contributed by atoms with van der Waals surface area (Å²) in [5.74, 6) is 0.984. The van der Waals surface area contributed by atoms with Gasteiger partial charge >= 0.3 is 0 Å². The number of nitrogens with one attached hydrogen (secondary N) is 1. The molecule has 0 aliphatic rings. The summed E-state index contributed by atoms with van der Waals surface area (Å²) in [4.78, 5) is 6.80. The number of halogens is 1. The van der Waals surface area contributed by atoms with E-state index in [9.17, 15) is 0 Å². The fourth-order valence-electron chi connectivity index (χ4n) is 1.66. The Morgan fingerprint density at radius 2 is 2.21 bits per heavy atom. The van der Waals surface area contributed by atoms with Crippen LogP contribution in [0.5, 0.6) is 0 Å². The van der Waals surface area contributed by atoms with Gasteiger partial charge in [0.25, 0.3) is 0 Å². The van der Waals surface area contributed by atoms with Crippen LogP contribution in [-0.2, 0) is 6.54 Å². The van der Waals surface area contributed by atoms with Gasteiger partial charge in [0.1, 0.15) is 0 Å². The van der Waals surface area contributed by atoms with Crippen LogP contribution in [-0.4, -0.2) is 47.3 Å². The Morgan fingerprint density at radius 3 is 2.79 bits per heavy atom. The second-order valence-electron chi connectivity index (χ2n) is 4.28. The molecule has 5 nitrogen and oxygen atoms in total. The van der Waals surface area contributed by atoms with Gasteiger partial charge in [0.15, 0.2) is 5.96 Å². The summed E-state index contributed by atoms with van der Waals surface area (Å²) in [5.41, 5.74) is 0. The van der Waals surface area contributed by atoms with Crippen molar-refractivity contribution in [1.29, 1.82) is 0 Å². The standard InChI is InChI=1S/C13H25N5.HI/c1-4-6-10-17(3)13(14-5-2)15-9-12-18-11-7-8-16-18;/h7-8,11H,4-6,9-10,12H2,1-3H3,(H,14,15);1H. The molecule has 1 heterocycles. The third-order valence-corrected chi connectivity index (χ3v) is 2.69. The minimum absolute atomic E-state index is 0. The molecule has 0 spiro atoms. The summed E-state index contributed by atoms with van der Waals surface area (Å²) >= 11 is 0. The zero-order valence-corrected chi connectivity index (χ0v) is 14.5. The fraction of sp³-hybridized carbons (Fsp3) is 0.692. The van der Waals surface area contributed by atoms with E-state index in [1.54, 1.807) is 6.20 Å². The number of nitrogens with zero attached hydrogens (tertiary/aromatic N) is 4. The topological polar surface area (TPSA) is 45.5 Å². The van der Waals surface area contributed by atoms with E-state index in [4.69, 9.17) is 0 Å². The van der Waals surface area contributed by atoms with Crippen molar-refractivity contribution in [2.24, 2.45) is 4.99 Å². The molecule has 1 N–H and O–H groups in total. The number of aliphatic imine (C=N–C) groups is 1. The highest BCUT2D eigenvalue weighted by Crippen LogP contribution is 1.94. The highest BCUT2D eigenvalue weighted by molar-refractivity contribution is 14.0. The summed E-state index contributed by atoms with van der Waals surface area (Å²) in [5, 5.41) is 7.48. The Bertz CT molecular complexity index is 337. The number of hydrogen-bond acceptors (Lipinski definition) is 2. The molecule has 0 aromatic carbocycles. The van der Waals surface area contributed by atoms with Gasteiger partial charge in [0.2, 0.25) is 0 Å². The zero-order valence-electron chi connectivity index (χ0n) is 12.2. The van der Waals surface area contributed by atoms with Crippen LogP contribution in [0.3, 0.4) is 0 Å². The number of rotatable bonds is 7. The zero-order chi connectivity index (χ0) is 13.2. The van der Waals surface area contributed by atoms with E-state index in [-0.39, 0.29) is 24.0 Å². The Hall–Kier alpha value is -0.790. The van der Waals surface area contributed by atoms with Crippen LogP contribution in [0.1, 0.15) is 26.7 Å². The van der Waals surface area contributed by atoms with Crippen molar-refractivity contribution in [3.8, 4) is 0 Å². The molecule has 0 aliphatic carbocycles. The van der Waals surface area contributed by atoms with Crippen LogP contribution in [0, 0.1) is 0 Å². The number of unbranched alkanes of at least 4 members (excludes halogenated alkanes) is 1. The average Bonchev–Trinajstić information content (AvgIpc) is 2.88. The highest BCUT2D eigenvalue weighted by Gasteiger charge is 2.03. The van der Waals surface area contributed by atoms with E-state index in [0.717, 1.165) is 32.1 Å². The summed E-state index contributed by atoms with van der Waals surface area (Å²) in [6.45, 7) is 7.82. The van der Waals surface area contributed by atoms with Crippen LogP contribution < -0.4 is 5.32 Å². The maximum absolute atomic E-state index is 4.61. The lowest BCUT2D eigenvalue weighted by atomic mass is 10.3. The largest absolute Gasteiger partial charge is 0.357 e. The quantitative estimate of drug-likeness (QED) is 0.449. The molecule has 0 radical (unpaired) electrons. The predicted octanol–water partition coefficient (Wildman–Crippen LogP) is 2.20. The van der Waals surface area contributed by atoms with E-state index in [0.29, 0.717) is 0 Å². The smallest absolute Gasteiger partial charge is 0.193 e. The molecule has 0 bridgehead atoms. The predicted molar refractivity (Wildman–Crippen MR) is 91.2 cm³/mol. The van der Waals surface area contributed by atoms with Crippen molar-refractivity contribution in [1.82, 2.24) is 20.0 Å². The molecule has 6 heteroatoms. The minimum atomic E-state index is 0. The first-order valence-corrected chi connectivity index (χ1v) is 6.74. The Morgan fingerprint density at radius 1 is 1.42 bits per heavy atom. The molecule has 1 aromatic heterocycles. The van der Waals surface area contributed by atoms with Crippen molar-refractivity contribution >= 4 is 29.9 Å². The Labute approximate surface area is 133 Å². The fourth-order valence-corrected chi connectivity index (χ4v) is 1.66. The first kappa shape index (κ1) is 18.2. The van der Waals surface area contributed by atoms with Crippen LogP contribution in [0.25, 0.3) is 0 Å². The molecule has 0 unspecified atom stereocenters. The maximum Gasteiger partial charge on any atom is 0.193 e. The average molecular weight is 379 g/mol. The van der Waals surface area contributed by atoms with Crippen LogP contribution in [0.15, 0.2) is 23.5 Å². The van der Waals surface area contributed by atoms with E-state index >= 15 is 0 Å². The molecule has 0 saturated carbocycles. The molecule has 0 aliphatic heterocycles. The highest BCUT2D eigenvalue weighted by atomic mass is 127. The van der Waals surface area contributed by atoms with Crippen LogP contribution in [0.2, 0.25) is 0 Å². The van der Waals surface area contributed by atoms with Gasteiger partial charge in [0.05, 0.1) is 13.1 Å². The molecule has 0 atom stereocenters. The van der Waals surface area contributed by atoms with Gasteiger partial charge in [-0.3, -0.25) is 9.67 Å². The van der Waals surface area contributed by atoms with Gasteiger partial charge in [-0.05, 0) is 19.4 Å². The Kier molecular flexibility index (Phi) is 10.6. The lowest BCUT2D eigenvalue weighted by molar-refractivity contribution is 0.463. The summed E-state index contributed by atoms with van der Waals surface area (Å²) < 4.78 is 1.90. The van der Waals surface area contributed by atoms with Gasteiger partial charge in [-0.1, -0.05) is 13.3 Å². The molecular formula is C13H26IN5. The van der Waals surface area contributed by atoms with Crippen molar-refractivity contribution in [2.45, 2.75) is 33.2 Å². The van der Waals surface area contributed by atoms with Crippen molar-refractivity contribution in [3.05, 3.63) is 18.5 Å². The third kappa shape index (κ3) is 7.39. The van der Waals surface area contributed by atoms with E-state index in [1.807, 2.05) is 16.9 Å². The summed E-state index contributed by atoms with van der Waals surface area (Å²) in [7, 11) is 2.09. The number of hydrogen-bond donors (Lipinski definition) is 1. The first-order valence-electron chi connectivity index (χ1n) is 6.74. The summed E-state index contributed by atoms with van der Waals surface area (Å²) in [6, 6.07) is 1.93. The Balaban J connectivity index is 0.00000324. The molecule has 1 rings (SSSR count). The second-order valence-corrected chi connectivity index (χ2v) is 4.28. The van der Waals surface area contributed by atoms with E-state index < -0.39 is 0 Å².